The number of nitrogens with zero attached hydrogens (tertiary/aromatic N) is 4. The zero-order valence-corrected chi connectivity index (χ0v) is 16.0. The zero-order valence-electron chi connectivity index (χ0n) is 15.2. The molecule has 5 nitrogen and oxygen atoms in total. The average molecular weight is 386 g/mol. The molecule has 2 aliphatic rings. The summed E-state index contributed by atoms with van der Waals surface area (Å²) in [5.74, 6) is -0.0453. The first-order chi connectivity index (χ1) is 13.2. The molecular formula is C20H23FN4OS. The van der Waals surface area contributed by atoms with E-state index >= 15 is 0 Å². The molecule has 2 aromatic rings. The predicted octanol–water partition coefficient (Wildman–Crippen LogP) is 2.72. The van der Waals surface area contributed by atoms with Crippen molar-refractivity contribution >= 4 is 27.9 Å². The number of carbonyl (C=O) groups is 1. The van der Waals surface area contributed by atoms with Gasteiger partial charge in [-0.2, -0.15) is 0 Å². The van der Waals surface area contributed by atoms with Gasteiger partial charge in [-0.1, -0.05) is 18.2 Å². The monoisotopic (exact) mass is 386 g/mol. The van der Waals surface area contributed by atoms with E-state index in [2.05, 4.69) is 20.9 Å². The number of thiazole rings is 1. The van der Waals surface area contributed by atoms with E-state index in [9.17, 15) is 9.18 Å². The van der Waals surface area contributed by atoms with E-state index in [4.69, 9.17) is 0 Å². The highest BCUT2D eigenvalue weighted by atomic mass is 32.1. The maximum Gasteiger partial charge on any atom is 0.237 e. The highest BCUT2D eigenvalue weighted by molar-refractivity contribution is 7.13. The van der Waals surface area contributed by atoms with Gasteiger partial charge in [0.1, 0.15) is 5.82 Å². The summed E-state index contributed by atoms with van der Waals surface area (Å²) in [6, 6.07) is 6.67. The predicted molar refractivity (Wildman–Crippen MR) is 106 cm³/mol. The van der Waals surface area contributed by atoms with Gasteiger partial charge >= 0.3 is 0 Å². The molecule has 27 heavy (non-hydrogen) atoms. The minimum Gasteiger partial charge on any atom is -0.346 e. The van der Waals surface area contributed by atoms with Crippen LogP contribution in [0.3, 0.4) is 0 Å². The lowest BCUT2D eigenvalue weighted by Crippen LogP contribution is -2.50. The SMILES string of the molecule is O=C(CN1CCN(c2nccs2)CC1)N1CC=C(c2cccc(F)c2)CC1. The van der Waals surface area contributed by atoms with Crippen molar-refractivity contribution in [3.63, 3.8) is 0 Å². The highest BCUT2D eigenvalue weighted by Crippen LogP contribution is 2.23. The molecule has 0 radical (unpaired) electrons. The number of benzene rings is 1. The number of anilines is 1. The van der Waals surface area contributed by atoms with Crippen molar-refractivity contribution < 1.29 is 9.18 Å². The Morgan fingerprint density at radius 2 is 2.04 bits per heavy atom. The molecule has 0 bridgehead atoms. The fourth-order valence-corrected chi connectivity index (χ4v) is 4.30. The van der Waals surface area contributed by atoms with Crippen molar-refractivity contribution in [2.24, 2.45) is 0 Å². The number of amides is 1. The van der Waals surface area contributed by atoms with Crippen molar-refractivity contribution in [1.82, 2.24) is 14.8 Å². The Bertz CT molecular complexity index is 815. The summed E-state index contributed by atoms with van der Waals surface area (Å²) in [5.41, 5.74) is 2.04. The van der Waals surface area contributed by atoms with Gasteiger partial charge in [-0.3, -0.25) is 9.69 Å². The average Bonchev–Trinajstić information content (AvgIpc) is 3.23. The van der Waals surface area contributed by atoms with E-state index in [-0.39, 0.29) is 11.7 Å². The minimum absolute atomic E-state index is 0.173. The first kappa shape index (κ1) is 18.1. The number of hydrogen-bond donors (Lipinski definition) is 0. The third-order valence-corrected chi connectivity index (χ3v) is 6.01. The van der Waals surface area contributed by atoms with Crippen LogP contribution in [0.5, 0.6) is 0 Å². The number of aromatic nitrogens is 1. The molecule has 0 spiro atoms. The molecule has 4 rings (SSSR count). The Hall–Kier alpha value is -2.25. The Morgan fingerprint density at radius 3 is 2.70 bits per heavy atom. The van der Waals surface area contributed by atoms with E-state index in [0.29, 0.717) is 19.6 Å². The molecule has 3 heterocycles. The summed E-state index contributed by atoms with van der Waals surface area (Å²) < 4.78 is 13.4. The van der Waals surface area contributed by atoms with Crippen LogP contribution in [0, 0.1) is 5.82 Å². The number of halogens is 1. The quantitative estimate of drug-likeness (QED) is 0.810. The lowest BCUT2D eigenvalue weighted by Gasteiger charge is -2.35. The fraction of sp³-hybridized carbons (Fsp3) is 0.400. The zero-order chi connectivity index (χ0) is 18.6. The second-order valence-electron chi connectivity index (χ2n) is 6.91. The van der Waals surface area contributed by atoms with Crippen LogP contribution in [0.1, 0.15) is 12.0 Å². The van der Waals surface area contributed by atoms with Crippen molar-refractivity contribution in [1.29, 1.82) is 0 Å². The smallest absolute Gasteiger partial charge is 0.237 e. The Morgan fingerprint density at radius 1 is 1.19 bits per heavy atom. The number of rotatable bonds is 4. The molecule has 1 amide bonds. The minimum atomic E-state index is -0.219. The van der Waals surface area contributed by atoms with Gasteiger partial charge in [0.2, 0.25) is 5.91 Å². The lowest BCUT2D eigenvalue weighted by atomic mass is 9.99. The molecule has 2 aliphatic heterocycles. The van der Waals surface area contributed by atoms with Crippen LogP contribution < -0.4 is 4.90 Å². The van der Waals surface area contributed by atoms with Crippen molar-refractivity contribution in [2.75, 3.05) is 50.7 Å². The Labute approximate surface area is 162 Å². The second kappa shape index (κ2) is 8.19. The van der Waals surface area contributed by atoms with Crippen LogP contribution in [-0.2, 0) is 4.79 Å². The van der Waals surface area contributed by atoms with Gasteiger partial charge in [0.15, 0.2) is 5.13 Å². The van der Waals surface area contributed by atoms with E-state index in [1.54, 1.807) is 23.5 Å². The van der Waals surface area contributed by atoms with Crippen LogP contribution in [0.25, 0.3) is 5.57 Å². The third kappa shape index (κ3) is 4.36. The summed E-state index contributed by atoms with van der Waals surface area (Å²) in [6.45, 7) is 5.33. The Balaban J connectivity index is 1.27. The Kier molecular flexibility index (Phi) is 5.50. The molecule has 0 N–H and O–H groups in total. The molecule has 1 aromatic heterocycles. The van der Waals surface area contributed by atoms with Crippen molar-refractivity contribution in [3.8, 4) is 0 Å². The van der Waals surface area contributed by atoms with Crippen LogP contribution >= 0.6 is 11.3 Å². The molecule has 0 aliphatic carbocycles. The fourth-order valence-electron chi connectivity index (χ4n) is 3.61. The molecule has 0 atom stereocenters. The van der Waals surface area contributed by atoms with Gasteiger partial charge < -0.3 is 9.80 Å². The van der Waals surface area contributed by atoms with Crippen molar-refractivity contribution in [2.45, 2.75) is 6.42 Å². The topological polar surface area (TPSA) is 39.7 Å². The molecular weight excluding hydrogens is 363 g/mol. The lowest BCUT2D eigenvalue weighted by molar-refractivity contribution is -0.132. The second-order valence-corrected chi connectivity index (χ2v) is 7.78. The van der Waals surface area contributed by atoms with E-state index < -0.39 is 0 Å². The van der Waals surface area contributed by atoms with E-state index in [0.717, 1.165) is 48.9 Å². The summed E-state index contributed by atoms with van der Waals surface area (Å²) in [7, 11) is 0. The summed E-state index contributed by atoms with van der Waals surface area (Å²) in [6.07, 6.45) is 4.65. The summed E-state index contributed by atoms with van der Waals surface area (Å²) in [5, 5.41) is 3.06. The van der Waals surface area contributed by atoms with E-state index in [1.807, 2.05) is 22.5 Å². The normalized spacial score (nSPS) is 18.5. The molecule has 7 heteroatoms. The van der Waals surface area contributed by atoms with Crippen LogP contribution in [0.15, 0.2) is 41.9 Å². The highest BCUT2D eigenvalue weighted by Gasteiger charge is 2.24. The van der Waals surface area contributed by atoms with Crippen LogP contribution in [0.4, 0.5) is 9.52 Å². The first-order valence-corrected chi connectivity index (χ1v) is 10.2. The van der Waals surface area contributed by atoms with Crippen LogP contribution in [-0.4, -0.2) is 66.5 Å². The van der Waals surface area contributed by atoms with Gasteiger partial charge in [0, 0.05) is 50.8 Å². The molecule has 1 saturated heterocycles. The standard InChI is InChI=1S/C20H23FN4OS/c21-18-3-1-2-17(14-18)16-4-7-24(8-5-16)19(26)15-23-9-11-25(12-10-23)20-22-6-13-27-20/h1-4,6,13-14H,5,7-12,15H2. The number of piperazine rings is 1. The largest absolute Gasteiger partial charge is 0.346 e. The third-order valence-electron chi connectivity index (χ3n) is 5.18. The van der Waals surface area contributed by atoms with Crippen molar-refractivity contribution in [3.05, 3.63) is 53.3 Å². The summed E-state index contributed by atoms with van der Waals surface area (Å²) >= 11 is 1.66. The van der Waals surface area contributed by atoms with Gasteiger partial charge in [-0.15, -0.1) is 11.3 Å². The maximum atomic E-state index is 13.4. The number of hydrogen-bond acceptors (Lipinski definition) is 5. The van der Waals surface area contributed by atoms with Gasteiger partial charge in [0.25, 0.3) is 0 Å². The molecule has 0 unspecified atom stereocenters. The molecule has 142 valence electrons. The van der Waals surface area contributed by atoms with Gasteiger partial charge in [-0.25, -0.2) is 9.37 Å². The maximum absolute atomic E-state index is 13.4. The molecule has 0 saturated carbocycles. The first-order valence-electron chi connectivity index (χ1n) is 9.28. The van der Waals surface area contributed by atoms with E-state index in [1.165, 1.54) is 6.07 Å². The molecule has 1 fully saturated rings. The van der Waals surface area contributed by atoms with Gasteiger partial charge in [0.05, 0.1) is 6.54 Å². The molecule has 1 aromatic carbocycles. The van der Waals surface area contributed by atoms with Gasteiger partial charge in [-0.05, 0) is 29.7 Å². The summed E-state index contributed by atoms with van der Waals surface area (Å²) in [4.78, 5) is 23.4. The number of carbonyl (C=O) groups excluding carboxylic acids is 1. The van der Waals surface area contributed by atoms with Crippen LogP contribution in [0.2, 0.25) is 0 Å².